The average Bonchev–Trinajstić information content (AvgIpc) is 2.91. The Kier molecular flexibility index (Phi) is 4.42. The third-order valence-electron chi connectivity index (χ3n) is 3.22. The molecule has 0 amide bonds. The van der Waals surface area contributed by atoms with E-state index in [1.807, 2.05) is 30.3 Å². The highest BCUT2D eigenvalue weighted by atomic mass is 35.5. The van der Waals surface area contributed by atoms with Crippen LogP contribution in [-0.4, -0.2) is 11.6 Å². The van der Waals surface area contributed by atoms with Crippen LogP contribution >= 0.6 is 22.9 Å². The van der Waals surface area contributed by atoms with Crippen molar-refractivity contribution in [3.05, 3.63) is 47.5 Å². The second kappa shape index (κ2) is 6.46. The summed E-state index contributed by atoms with van der Waals surface area (Å²) in [7, 11) is 0. The molecule has 0 radical (unpaired) electrons. The van der Waals surface area contributed by atoms with E-state index in [0.717, 1.165) is 51.0 Å². The monoisotopic (exact) mass is 317 g/mol. The Labute approximate surface area is 133 Å². The Hall–Kier alpha value is -1.58. The maximum atomic E-state index is 6.00. The quantitative estimate of drug-likeness (QED) is 0.555. The van der Waals surface area contributed by atoms with Crippen LogP contribution in [0.15, 0.2) is 42.5 Å². The first-order chi connectivity index (χ1) is 10.3. The summed E-state index contributed by atoms with van der Waals surface area (Å²) in [5.74, 6) is 0.913. The number of halogens is 1. The van der Waals surface area contributed by atoms with Crippen molar-refractivity contribution in [3.63, 3.8) is 0 Å². The molecule has 0 atom stereocenters. The molecule has 108 valence electrons. The van der Waals surface area contributed by atoms with Gasteiger partial charge >= 0.3 is 0 Å². The zero-order chi connectivity index (χ0) is 14.7. The smallest absolute Gasteiger partial charge is 0.124 e. The van der Waals surface area contributed by atoms with E-state index in [1.165, 1.54) is 0 Å². The van der Waals surface area contributed by atoms with Crippen LogP contribution in [0.3, 0.4) is 0 Å². The molecular formula is C17H16ClNOS. The summed E-state index contributed by atoms with van der Waals surface area (Å²) in [5, 5.41) is 1.73. The minimum absolute atomic E-state index is 0.721. The molecule has 4 heteroatoms. The summed E-state index contributed by atoms with van der Waals surface area (Å²) in [6.07, 6.45) is 2.23. The Morgan fingerprint density at radius 2 is 1.95 bits per heavy atom. The van der Waals surface area contributed by atoms with Gasteiger partial charge in [-0.15, -0.1) is 11.3 Å². The van der Waals surface area contributed by atoms with E-state index in [9.17, 15) is 0 Å². The molecule has 1 aromatic heterocycles. The van der Waals surface area contributed by atoms with Gasteiger partial charge in [-0.1, -0.05) is 24.9 Å². The molecular weight excluding hydrogens is 302 g/mol. The lowest BCUT2D eigenvalue weighted by Gasteiger charge is -2.05. The summed E-state index contributed by atoms with van der Waals surface area (Å²) >= 11 is 7.68. The number of hydrogen-bond donors (Lipinski definition) is 0. The lowest BCUT2D eigenvalue weighted by atomic mass is 10.2. The van der Waals surface area contributed by atoms with Crippen LogP contribution in [0.2, 0.25) is 5.02 Å². The largest absolute Gasteiger partial charge is 0.494 e. The van der Waals surface area contributed by atoms with E-state index in [0.29, 0.717) is 0 Å². The Bertz CT molecular complexity index is 736. The SMILES string of the molecule is CCCCOc1ccc(-c2nc3cc(Cl)ccc3s2)cc1. The number of hydrogen-bond acceptors (Lipinski definition) is 3. The van der Waals surface area contributed by atoms with Crippen LogP contribution in [0, 0.1) is 0 Å². The second-order valence-corrected chi connectivity index (χ2v) is 6.32. The third kappa shape index (κ3) is 3.36. The lowest BCUT2D eigenvalue weighted by molar-refractivity contribution is 0.309. The standard InChI is InChI=1S/C17H16ClNOS/c1-2-3-10-20-14-7-4-12(5-8-14)17-19-15-11-13(18)6-9-16(15)21-17/h4-9,11H,2-3,10H2,1H3. The third-order valence-corrected chi connectivity index (χ3v) is 4.54. The van der Waals surface area contributed by atoms with Gasteiger partial charge < -0.3 is 4.74 Å². The summed E-state index contributed by atoms with van der Waals surface area (Å²) in [6, 6.07) is 13.9. The van der Waals surface area contributed by atoms with Crippen LogP contribution in [-0.2, 0) is 0 Å². The molecule has 0 fully saturated rings. The lowest BCUT2D eigenvalue weighted by Crippen LogP contribution is -1.95. The number of unbranched alkanes of at least 4 members (excludes halogenated alkanes) is 1. The van der Waals surface area contributed by atoms with Crippen LogP contribution in [0.4, 0.5) is 0 Å². The predicted octanol–water partition coefficient (Wildman–Crippen LogP) is 5.80. The van der Waals surface area contributed by atoms with Crippen molar-refractivity contribution >= 4 is 33.2 Å². The van der Waals surface area contributed by atoms with Crippen molar-refractivity contribution < 1.29 is 4.74 Å². The van der Waals surface area contributed by atoms with E-state index < -0.39 is 0 Å². The van der Waals surface area contributed by atoms with Crippen molar-refractivity contribution in [3.8, 4) is 16.3 Å². The highest BCUT2D eigenvalue weighted by molar-refractivity contribution is 7.21. The fraction of sp³-hybridized carbons (Fsp3) is 0.235. The maximum Gasteiger partial charge on any atom is 0.124 e. The summed E-state index contributed by atoms with van der Waals surface area (Å²) < 4.78 is 6.83. The van der Waals surface area contributed by atoms with Crippen molar-refractivity contribution in [1.82, 2.24) is 4.98 Å². The Morgan fingerprint density at radius 1 is 1.14 bits per heavy atom. The molecule has 2 aromatic carbocycles. The summed E-state index contributed by atoms with van der Waals surface area (Å²) in [5.41, 5.74) is 2.06. The first-order valence-corrected chi connectivity index (χ1v) is 8.25. The zero-order valence-corrected chi connectivity index (χ0v) is 13.4. The van der Waals surface area contributed by atoms with Gasteiger partial charge in [-0.05, 0) is 48.9 Å². The van der Waals surface area contributed by atoms with Crippen LogP contribution in [0.1, 0.15) is 19.8 Å². The fourth-order valence-electron chi connectivity index (χ4n) is 2.05. The highest BCUT2D eigenvalue weighted by Crippen LogP contribution is 2.32. The number of aromatic nitrogens is 1. The van der Waals surface area contributed by atoms with Crippen molar-refractivity contribution in [2.24, 2.45) is 0 Å². The van der Waals surface area contributed by atoms with Gasteiger partial charge in [0.25, 0.3) is 0 Å². The number of ether oxygens (including phenoxy) is 1. The minimum Gasteiger partial charge on any atom is -0.494 e. The van der Waals surface area contributed by atoms with Gasteiger partial charge in [0.05, 0.1) is 16.8 Å². The van der Waals surface area contributed by atoms with E-state index in [2.05, 4.69) is 24.0 Å². The fourth-order valence-corrected chi connectivity index (χ4v) is 3.17. The molecule has 0 saturated heterocycles. The molecule has 3 rings (SSSR count). The highest BCUT2D eigenvalue weighted by Gasteiger charge is 2.07. The van der Waals surface area contributed by atoms with E-state index in [1.54, 1.807) is 11.3 Å². The van der Waals surface area contributed by atoms with Crippen LogP contribution < -0.4 is 4.74 Å². The molecule has 0 spiro atoms. The van der Waals surface area contributed by atoms with Gasteiger partial charge in [0, 0.05) is 10.6 Å². The van der Waals surface area contributed by atoms with Crippen LogP contribution in [0.5, 0.6) is 5.75 Å². The molecule has 0 N–H and O–H groups in total. The summed E-state index contributed by atoms with van der Waals surface area (Å²) in [4.78, 5) is 4.64. The van der Waals surface area contributed by atoms with Gasteiger partial charge in [0.15, 0.2) is 0 Å². The topological polar surface area (TPSA) is 22.1 Å². The maximum absolute atomic E-state index is 6.00. The van der Waals surface area contributed by atoms with E-state index in [-0.39, 0.29) is 0 Å². The van der Waals surface area contributed by atoms with E-state index in [4.69, 9.17) is 16.3 Å². The van der Waals surface area contributed by atoms with Gasteiger partial charge in [-0.3, -0.25) is 0 Å². The predicted molar refractivity (Wildman–Crippen MR) is 90.5 cm³/mol. The first kappa shape index (κ1) is 14.4. The van der Waals surface area contributed by atoms with Gasteiger partial charge in [0.2, 0.25) is 0 Å². The van der Waals surface area contributed by atoms with E-state index >= 15 is 0 Å². The number of thiazole rings is 1. The molecule has 0 unspecified atom stereocenters. The molecule has 3 aromatic rings. The molecule has 1 heterocycles. The van der Waals surface area contributed by atoms with Gasteiger partial charge in [-0.2, -0.15) is 0 Å². The number of rotatable bonds is 5. The van der Waals surface area contributed by atoms with Crippen molar-refractivity contribution in [2.45, 2.75) is 19.8 Å². The molecule has 0 aliphatic carbocycles. The van der Waals surface area contributed by atoms with Crippen LogP contribution in [0.25, 0.3) is 20.8 Å². The molecule has 0 aliphatic heterocycles. The van der Waals surface area contributed by atoms with Crippen molar-refractivity contribution in [1.29, 1.82) is 0 Å². The van der Waals surface area contributed by atoms with Crippen molar-refractivity contribution in [2.75, 3.05) is 6.61 Å². The Balaban J connectivity index is 1.81. The number of benzene rings is 2. The number of fused-ring (bicyclic) bond motifs is 1. The molecule has 0 bridgehead atoms. The first-order valence-electron chi connectivity index (χ1n) is 7.05. The summed E-state index contributed by atoms with van der Waals surface area (Å²) in [6.45, 7) is 2.93. The number of nitrogens with zero attached hydrogens (tertiary/aromatic N) is 1. The average molecular weight is 318 g/mol. The molecule has 21 heavy (non-hydrogen) atoms. The van der Waals surface area contributed by atoms with Gasteiger partial charge in [-0.25, -0.2) is 4.98 Å². The second-order valence-electron chi connectivity index (χ2n) is 4.86. The molecule has 0 aliphatic rings. The molecule has 0 saturated carbocycles. The normalized spacial score (nSPS) is 11.0. The minimum atomic E-state index is 0.721. The molecule has 2 nitrogen and oxygen atoms in total. The Morgan fingerprint density at radius 3 is 2.71 bits per heavy atom. The van der Waals surface area contributed by atoms with Gasteiger partial charge in [0.1, 0.15) is 10.8 Å². The zero-order valence-electron chi connectivity index (χ0n) is 11.8.